The fourth-order valence-electron chi connectivity index (χ4n) is 4.89. The SMILES string of the molecule is CCO[C@]1(c2ccc3c(c2)OCO3)OC[C@H]2[C@H](c3ccc4c(c3)OCO4)OC[C@]21O. The normalized spacial score (nSPS) is 33.1. The highest BCUT2D eigenvalue weighted by Crippen LogP contribution is 2.58. The molecule has 30 heavy (non-hydrogen) atoms. The van der Waals surface area contributed by atoms with Crippen LogP contribution in [0.1, 0.15) is 24.2 Å². The highest BCUT2D eigenvalue weighted by Gasteiger charge is 2.69. The molecule has 4 atom stereocenters. The van der Waals surface area contributed by atoms with Crippen molar-refractivity contribution < 1.29 is 38.3 Å². The van der Waals surface area contributed by atoms with E-state index in [4.69, 9.17) is 33.2 Å². The number of hydrogen-bond donors (Lipinski definition) is 1. The molecule has 2 aromatic carbocycles. The average molecular weight is 414 g/mol. The van der Waals surface area contributed by atoms with E-state index in [0.717, 1.165) is 5.56 Å². The predicted octanol–water partition coefficient (Wildman–Crippen LogP) is 2.48. The second-order valence-corrected chi connectivity index (χ2v) is 7.80. The highest BCUT2D eigenvalue weighted by molar-refractivity contribution is 5.48. The molecule has 0 amide bonds. The topological polar surface area (TPSA) is 84.8 Å². The number of fused-ring (bicyclic) bond motifs is 3. The average Bonchev–Trinajstić information content (AvgIpc) is 3.51. The second-order valence-electron chi connectivity index (χ2n) is 7.80. The molecule has 2 fully saturated rings. The Labute approximate surface area is 173 Å². The number of rotatable bonds is 4. The summed E-state index contributed by atoms with van der Waals surface area (Å²) in [6.45, 7) is 2.97. The first-order chi connectivity index (χ1) is 14.6. The predicted molar refractivity (Wildman–Crippen MR) is 102 cm³/mol. The molecule has 158 valence electrons. The zero-order chi connectivity index (χ0) is 20.3. The molecular weight excluding hydrogens is 392 g/mol. The van der Waals surface area contributed by atoms with Crippen LogP contribution in [0.3, 0.4) is 0 Å². The van der Waals surface area contributed by atoms with Gasteiger partial charge >= 0.3 is 0 Å². The molecule has 2 aromatic rings. The number of ether oxygens (including phenoxy) is 7. The minimum atomic E-state index is -1.38. The van der Waals surface area contributed by atoms with Gasteiger partial charge in [0.1, 0.15) is 0 Å². The van der Waals surface area contributed by atoms with Crippen molar-refractivity contribution in [3.63, 3.8) is 0 Å². The second kappa shape index (κ2) is 6.49. The molecule has 8 heteroatoms. The summed E-state index contributed by atoms with van der Waals surface area (Å²) in [6.07, 6.45) is -0.360. The van der Waals surface area contributed by atoms with Gasteiger partial charge in [0.2, 0.25) is 19.4 Å². The Morgan fingerprint density at radius 1 is 0.967 bits per heavy atom. The van der Waals surface area contributed by atoms with E-state index in [0.29, 0.717) is 35.2 Å². The van der Waals surface area contributed by atoms with Crippen LogP contribution in [0.4, 0.5) is 0 Å². The zero-order valence-corrected chi connectivity index (χ0v) is 16.5. The van der Waals surface area contributed by atoms with Crippen molar-refractivity contribution in [2.24, 2.45) is 5.92 Å². The first-order valence-corrected chi connectivity index (χ1v) is 10.1. The van der Waals surface area contributed by atoms with Crippen molar-refractivity contribution in [2.45, 2.75) is 24.4 Å². The molecule has 6 rings (SSSR count). The summed E-state index contributed by atoms with van der Waals surface area (Å²) < 4.78 is 40.3. The van der Waals surface area contributed by atoms with Crippen LogP contribution >= 0.6 is 0 Å². The monoisotopic (exact) mass is 414 g/mol. The van der Waals surface area contributed by atoms with Crippen LogP contribution in [0.15, 0.2) is 36.4 Å². The first kappa shape index (κ1) is 18.3. The number of hydrogen-bond acceptors (Lipinski definition) is 8. The number of aliphatic hydroxyl groups is 1. The summed E-state index contributed by atoms with van der Waals surface area (Å²) in [5.74, 6) is 0.963. The quantitative estimate of drug-likeness (QED) is 0.817. The van der Waals surface area contributed by atoms with Crippen LogP contribution in [0.5, 0.6) is 23.0 Å². The van der Waals surface area contributed by atoms with Crippen molar-refractivity contribution in [2.75, 3.05) is 33.4 Å². The van der Waals surface area contributed by atoms with Crippen molar-refractivity contribution >= 4 is 0 Å². The lowest BCUT2D eigenvalue weighted by Crippen LogP contribution is -2.54. The van der Waals surface area contributed by atoms with Gasteiger partial charge in [-0.3, -0.25) is 0 Å². The van der Waals surface area contributed by atoms with Crippen molar-refractivity contribution in [3.8, 4) is 23.0 Å². The summed E-state index contributed by atoms with van der Waals surface area (Å²) in [5, 5.41) is 11.9. The van der Waals surface area contributed by atoms with E-state index >= 15 is 0 Å². The highest BCUT2D eigenvalue weighted by atomic mass is 16.7. The molecule has 0 radical (unpaired) electrons. The fraction of sp³-hybridized carbons (Fsp3) is 0.455. The molecule has 8 nitrogen and oxygen atoms in total. The molecule has 4 aliphatic rings. The van der Waals surface area contributed by atoms with E-state index in [-0.39, 0.29) is 38.8 Å². The molecule has 4 heterocycles. The molecule has 0 spiro atoms. The van der Waals surface area contributed by atoms with Gasteiger partial charge in [0.15, 0.2) is 28.6 Å². The van der Waals surface area contributed by atoms with Gasteiger partial charge in [-0.15, -0.1) is 0 Å². The minimum Gasteiger partial charge on any atom is -0.454 e. The first-order valence-electron chi connectivity index (χ1n) is 10.1. The van der Waals surface area contributed by atoms with Crippen LogP contribution in [-0.2, 0) is 20.0 Å². The molecule has 0 aromatic heterocycles. The van der Waals surface area contributed by atoms with E-state index in [1.807, 2.05) is 43.3 Å². The number of benzene rings is 2. The van der Waals surface area contributed by atoms with Crippen LogP contribution in [0, 0.1) is 5.92 Å². The molecular formula is C22H22O8. The van der Waals surface area contributed by atoms with Gasteiger partial charge in [0.25, 0.3) is 0 Å². The third-order valence-electron chi connectivity index (χ3n) is 6.32. The Hall–Kier alpha value is -2.52. The summed E-state index contributed by atoms with van der Waals surface area (Å²) in [5.41, 5.74) is 0.202. The lowest BCUT2D eigenvalue weighted by atomic mass is 9.78. The van der Waals surface area contributed by atoms with Gasteiger partial charge in [-0.05, 0) is 42.8 Å². The summed E-state index contributed by atoms with van der Waals surface area (Å²) >= 11 is 0. The van der Waals surface area contributed by atoms with Crippen molar-refractivity contribution in [1.82, 2.24) is 0 Å². The Morgan fingerprint density at radius 2 is 1.67 bits per heavy atom. The van der Waals surface area contributed by atoms with Crippen LogP contribution in [0.2, 0.25) is 0 Å². The molecule has 0 unspecified atom stereocenters. The van der Waals surface area contributed by atoms with Gasteiger partial charge in [0.05, 0.1) is 19.3 Å². The summed E-state index contributed by atoms with van der Waals surface area (Å²) in [4.78, 5) is 0. The Kier molecular flexibility index (Phi) is 3.95. The van der Waals surface area contributed by atoms with Crippen LogP contribution < -0.4 is 18.9 Å². The molecule has 0 bridgehead atoms. The zero-order valence-electron chi connectivity index (χ0n) is 16.5. The summed E-state index contributed by atoms with van der Waals surface area (Å²) in [7, 11) is 0. The molecule has 2 saturated heterocycles. The maximum absolute atomic E-state index is 11.9. The molecule has 4 aliphatic heterocycles. The van der Waals surface area contributed by atoms with Crippen molar-refractivity contribution in [1.29, 1.82) is 0 Å². The smallest absolute Gasteiger partial charge is 0.231 e. The lowest BCUT2D eigenvalue weighted by molar-refractivity contribution is -0.293. The van der Waals surface area contributed by atoms with Gasteiger partial charge < -0.3 is 38.3 Å². The molecule has 0 aliphatic carbocycles. The van der Waals surface area contributed by atoms with Gasteiger partial charge in [0, 0.05) is 18.1 Å². The van der Waals surface area contributed by atoms with E-state index in [2.05, 4.69) is 0 Å². The molecule has 0 saturated carbocycles. The maximum Gasteiger partial charge on any atom is 0.231 e. The summed E-state index contributed by atoms with van der Waals surface area (Å²) in [6, 6.07) is 11.2. The Morgan fingerprint density at radius 3 is 2.43 bits per heavy atom. The van der Waals surface area contributed by atoms with E-state index < -0.39 is 11.4 Å². The van der Waals surface area contributed by atoms with E-state index in [1.165, 1.54) is 0 Å². The minimum absolute atomic E-state index is 0.0746. The standard InChI is InChI=1S/C22H22O8/c1-2-29-22(14-4-6-17-19(8-14)28-12-26-17)21(23)10-24-20(15(21)9-30-22)13-3-5-16-18(7-13)27-11-25-16/h3-8,15,20,23H,2,9-12H2,1H3/t15-,20-,21-,22+/m0/s1. The largest absolute Gasteiger partial charge is 0.454 e. The van der Waals surface area contributed by atoms with Crippen molar-refractivity contribution in [3.05, 3.63) is 47.5 Å². The molecule has 1 N–H and O–H groups in total. The van der Waals surface area contributed by atoms with Crippen LogP contribution in [0.25, 0.3) is 0 Å². The van der Waals surface area contributed by atoms with E-state index in [1.54, 1.807) is 0 Å². The van der Waals surface area contributed by atoms with Gasteiger partial charge in [-0.2, -0.15) is 0 Å². The lowest BCUT2D eigenvalue weighted by Gasteiger charge is -2.39. The Bertz CT molecular complexity index is 993. The van der Waals surface area contributed by atoms with E-state index in [9.17, 15) is 5.11 Å². The fourth-order valence-corrected chi connectivity index (χ4v) is 4.89. The van der Waals surface area contributed by atoms with Crippen LogP contribution in [-0.4, -0.2) is 44.1 Å². The third-order valence-corrected chi connectivity index (χ3v) is 6.32. The maximum atomic E-state index is 11.9. The Balaban J connectivity index is 1.38. The third kappa shape index (κ3) is 2.36. The van der Waals surface area contributed by atoms with Gasteiger partial charge in [-0.25, -0.2) is 0 Å². The van der Waals surface area contributed by atoms with Gasteiger partial charge in [-0.1, -0.05) is 6.07 Å².